The third-order valence-corrected chi connectivity index (χ3v) is 5.54. The summed E-state index contributed by atoms with van der Waals surface area (Å²) in [5, 5.41) is 3.10. The summed E-state index contributed by atoms with van der Waals surface area (Å²) in [7, 11) is 1.43. The van der Waals surface area contributed by atoms with E-state index < -0.39 is 0 Å². The van der Waals surface area contributed by atoms with E-state index in [0.717, 1.165) is 37.0 Å². The molecule has 4 nitrogen and oxygen atoms in total. The number of methoxy groups -OCH3 is 1. The van der Waals surface area contributed by atoms with Crippen LogP contribution < -0.4 is 5.32 Å². The summed E-state index contributed by atoms with van der Waals surface area (Å²) in [4.78, 5) is 25.8. The average Bonchev–Trinajstić information content (AvgIpc) is 2.88. The highest BCUT2D eigenvalue weighted by atomic mass is 32.1. The fraction of sp³-hybridized carbons (Fsp3) is 0.625. The van der Waals surface area contributed by atoms with Gasteiger partial charge in [0.25, 0.3) is 5.91 Å². The number of esters is 1. The molecule has 1 saturated carbocycles. The van der Waals surface area contributed by atoms with Crippen LogP contribution in [0.25, 0.3) is 0 Å². The molecule has 1 aliphatic carbocycles. The predicted octanol–water partition coefficient (Wildman–Crippen LogP) is 3.08. The lowest BCUT2D eigenvalue weighted by atomic mass is 9.86. The van der Waals surface area contributed by atoms with Crippen LogP contribution in [0.2, 0.25) is 0 Å². The molecule has 1 N–H and O–H groups in total. The largest absolute Gasteiger partial charge is 0.469 e. The summed E-state index contributed by atoms with van der Waals surface area (Å²) in [5.41, 5.74) is 1.20. The van der Waals surface area contributed by atoms with Crippen LogP contribution in [0.5, 0.6) is 0 Å². The fourth-order valence-electron chi connectivity index (χ4n) is 2.88. The summed E-state index contributed by atoms with van der Waals surface area (Å²) >= 11 is 1.58. The number of nitrogens with one attached hydrogen (secondary N) is 1. The minimum absolute atomic E-state index is 0.00108. The minimum atomic E-state index is -0.124. The molecule has 21 heavy (non-hydrogen) atoms. The highest BCUT2D eigenvalue weighted by Crippen LogP contribution is 2.26. The van der Waals surface area contributed by atoms with Gasteiger partial charge in [0.1, 0.15) is 0 Å². The predicted molar refractivity (Wildman–Crippen MR) is 83.7 cm³/mol. The van der Waals surface area contributed by atoms with E-state index in [1.807, 2.05) is 13.0 Å². The second-order valence-corrected chi connectivity index (χ2v) is 6.75. The molecule has 1 amide bonds. The third-order valence-electron chi connectivity index (χ3n) is 4.16. The van der Waals surface area contributed by atoms with E-state index >= 15 is 0 Å². The van der Waals surface area contributed by atoms with E-state index in [-0.39, 0.29) is 23.8 Å². The zero-order chi connectivity index (χ0) is 15.4. The normalized spacial score (nSPS) is 21.9. The fourth-order valence-corrected chi connectivity index (χ4v) is 3.90. The van der Waals surface area contributed by atoms with E-state index in [0.29, 0.717) is 0 Å². The van der Waals surface area contributed by atoms with Crippen molar-refractivity contribution in [1.29, 1.82) is 0 Å². The van der Waals surface area contributed by atoms with Gasteiger partial charge in [0.15, 0.2) is 0 Å². The van der Waals surface area contributed by atoms with Gasteiger partial charge in [-0.25, -0.2) is 0 Å². The Labute approximate surface area is 129 Å². The van der Waals surface area contributed by atoms with E-state index in [1.54, 1.807) is 11.3 Å². The van der Waals surface area contributed by atoms with E-state index in [1.165, 1.54) is 17.6 Å². The van der Waals surface area contributed by atoms with Crippen molar-refractivity contribution < 1.29 is 14.3 Å². The molecule has 0 spiro atoms. The standard InChI is InChI=1S/C16H23NO3S/c1-4-13-10(2)9-14(21-13)15(18)17-12-7-5-11(6-8-12)16(19)20-3/h9,11-12H,4-8H2,1-3H3,(H,17,18). The Morgan fingerprint density at radius 1 is 1.33 bits per heavy atom. The van der Waals surface area contributed by atoms with Crippen LogP contribution in [0.15, 0.2) is 6.07 Å². The molecule has 0 unspecified atom stereocenters. The molecule has 1 heterocycles. The molecular weight excluding hydrogens is 286 g/mol. The molecule has 0 aliphatic heterocycles. The number of thiophene rings is 1. The van der Waals surface area contributed by atoms with Crippen molar-refractivity contribution in [2.75, 3.05) is 7.11 Å². The van der Waals surface area contributed by atoms with Crippen LogP contribution in [0.4, 0.5) is 0 Å². The van der Waals surface area contributed by atoms with Gasteiger partial charge in [0, 0.05) is 10.9 Å². The summed E-state index contributed by atoms with van der Waals surface area (Å²) in [6, 6.07) is 2.14. The van der Waals surface area contributed by atoms with E-state index in [9.17, 15) is 9.59 Å². The van der Waals surface area contributed by atoms with Crippen molar-refractivity contribution >= 4 is 23.2 Å². The SMILES string of the molecule is CCc1sc(C(=O)NC2CCC(C(=O)OC)CC2)cc1C. The summed E-state index contributed by atoms with van der Waals surface area (Å²) < 4.78 is 4.78. The number of ether oxygens (including phenoxy) is 1. The number of rotatable bonds is 4. The molecule has 0 saturated heterocycles. The second-order valence-electron chi connectivity index (χ2n) is 5.62. The Morgan fingerprint density at radius 2 is 2.00 bits per heavy atom. The van der Waals surface area contributed by atoms with Crippen LogP contribution in [0.1, 0.15) is 52.7 Å². The maximum absolute atomic E-state index is 12.3. The first-order chi connectivity index (χ1) is 10.0. The van der Waals surface area contributed by atoms with Crippen LogP contribution in [0.3, 0.4) is 0 Å². The molecule has 0 radical (unpaired) electrons. The Morgan fingerprint density at radius 3 is 2.52 bits per heavy atom. The number of hydrogen-bond acceptors (Lipinski definition) is 4. The molecule has 0 atom stereocenters. The second kappa shape index (κ2) is 7.07. The van der Waals surface area contributed by atoms with Gasteiger partial charge < -0.3 is 10.1 Å². The number of aryl methyl sites for hydroxylation is 2. The molecule has 1 fully saturated rings. The molecule has 116 valence electrons. The lowest BCUT2D eigenvalue weighted by molar-refractivity contribution is -0.146. The van der Waals surface area contributed by atoms with Crippen LogP contribution in [-0.2, 0) is 16.0 Å². The van der Waals surface area contributed by atoms with Crippen LogP contribution >= 0.6 is 11.3 Å². The van der Waals surface area contributed by atoms with Crippen molar-refractivity contribution in [2.24, 2.45) is 5.92 Å². The molecule has 0 aromatic carbocycles. The lowest BCUT2D eigenvalue weighted by Gasteiger charge is -2.27. The Balaban J connectivity index is 1.88. The van der Waals surface area contributed by atoms with Crippen molar-refractivity contribution in [2.45, 2.75) is 52.0 Å². The quantitative estimate of drug-likeness (QED) is 0.870. The molecule has 5 heteroatoms. The Kier molecular flexibility index (Phi) is 5.39. The van der Waals surface area contributed by atoms with Gasteiger partial charge in [-0.15, -0.1) is 11.3 Å². The average molecular weight is 309 g/mol. The minimum Gasteiger partial charge on any atom is -0.469 e. The van der Waals surface area contributed by atoms with Gasteiger partial charge in [-0.2, -0.15) is 0 Å². The smallest absolute Gasteiger partial charge is 0.308 e. The van der Waals surface area contributed by atoms with Crippen LogP contribution in [0, 0.1) is 12.8 Å². The monoisotopic (exact) mass is 309 g/mol. The Bertz CT molecular complexity index is 516. The molecule has 0 bridgehead atoms. The topological polar surface area (TPSA) is 55.4 Å². The first-order valence-electron chi connectivity index (χ1n) is 7.53. The number of carbonyl (C=O) groups is 2. The van der Waals surface area contributed by atoms with Crippen molar-refractivity contribution in [3.8, 4) is 0 Å². The summed E-state index contributed by atoms with van der Waals surface area (Å²) in [6.07, 6.45) is 4.24. The van der Waals surface area contributed by atoms with Crippen molar-refractivity contribution in [3.63, 3.8) is 0 Å². The molecule has 1 aromatic heterocycles. The zero-order valence-corrected chi connectivity index (χ0v) is 13.7. The summed E-state index contributed by atoms with van der Waals surface area (Å²) in [5.74, 6) is -0.107. The van der Waals surface area contributed by atoms with E-state index in [4.69, 9.17) is 4.74 Å². The third kappa shape index (κ3) is 3.84. The zero-order valence-electron chi connectivity index (χ0n) is 12.9. The summed E-state index contributed by atoms with van der Waals surface area (Å²) in [6.45, 7) is 4.16. The lowest BCUT2D eigenvalue weighted by Crippen LogP contribution is -2.38. The molecule has 1 aromatic rings. The first kappa shape index (κ1) is 16.0. The van der Waals surface area contributed by atoms with Gasteiger partial charge in [0.05, 0.1) is 17.9 Å². The number of hydrogen-bond donors (Lipinski definition) is 1. The van der Waals surface area contributed by atoms with Crippen LogP contribution in [-0.4, -0.2) is 25.0 Å². The van der Waals surface area contributed by atoms with Gasteiger partial charge in [-0.1, -0.05) is 6.92 Å². The van der Waals surface area contributed by atoms with Crippen molar-refractivity contribution in [1.82, 2.24) is 5.32 Å². The number of carbonyl (C=O) groups excluding carboxylic acids is 2. The van der Waals surface area contributed by atoms with Gasteiger partial charge in [-0.05, 0) is 50.7 Å². The first-order valence-corrected chi connectivity index (χ1v) is 8.34. The number of amides is 1. The van der Waals surface area contributed by atoms with Crippen molar-refractivity contribution in [3.05, 3.63) is 21.4 Å². The van der Waals surface area contributed by atoms with Gasteiger partial charge >= 0.3 is 5.97 Å². The molecule has 1 aliphatic rings. The van der Waals surface area contributed by atoms with Gasteiger partial charge in [-0.3, -0.25) is 9.59 Å². The maximum Gasteiger partial charge on any atom is 0.308 e. The van der Waals surface area contributed by atoms with Gasteiger partial charge in [0.2, 0.25) is 0 Å². The highest BCUT2D eigenvalue weighted by Gasteiger charge is 2.28. The van der Waals surface area contributed by atoms with E-state index in [2.05, 4.69) is 12.2 Å². The molecule has 2 rings (SSSR count). The molecular formula is C16H23NO3S. The maximum atomic E-state index is 12.3. The Hall–Kier alpha value is -1.36. The highest BCUT2D eigenvalue weighted by molar-refractivity contribution is 7.14.